The lowest BCUT2D eigenvalue weighted by molar-refractivity contribution is -0.199. The van der Waals surface area contributed by atoms with Crippen molar-refractivity contribution in [1.82, 2.24) is 20.4 Å². The zero-order valence-corrected chi connectivity index (χ0v) is 35.6. The number of benzene rings is 2. The number of amides is 3. The van der Waals surface area contributed by atoms with Gasteiger partial charge >= 0.3 is 7.12 Å². The van der Waals surface area contributed by atoms with Crippen LogP contribution in [0.25, 0.3) is 10.8 Å². The van der Waals surface area contributed by atoms with Crippen LogP contribution >= 0.6 is 15.9 Å². The topological polar surface area (TPSA) is 100 Å². The van der Waals surface area contributed by atoms with Crippen LogP contribution in [0.1, 0.15) is 127 Å². The molecule has 56 heavy (non-hydrogen) atoms. The van der Waals surface area contributed by atoms with Crippen LogP contribution in [0.5, 0.6) is 0 Å². The first-order valence-corrected chi connectivity index (χ1v) is 23.2. The highest BCUT2D eigenvalue weighted by molar-refractivity contribution is 9.09. The number of carbonyl (C=O) groups is 3. The number of fused-ring (bicyclic) bond motifs is 1. The third kappa shape index (κ3) is 8.09. The lowest BCUT2D eigenvalue weighted by Gasteiger charge is -2.64. The third-order valence-electron chi connectivity index (χ3n) is 15.2. The number of hydrogen-bond donors (Lipinski definition) is 2. The third-order valence-corrected chi connectivity index (χ3v) is 15.8. The largest absolute Gasteiger partial charge is 0.481 e. The number of rotatable bonds is 13. The average Bonchev–Trinajstić information content (AvgIpc) is 3.82. The van der Waals surface area contributed by atoms with Gasteiger partial charge in [-0.05, 0) is 117 Å². The van der Waals surface area contributed by atoms with E-state index < -0.39 is 19.2 Å². The monoisotopic (exact) mass is 830 g/mol. The van der Waals surface area contributed by atoms with Crippen molar-refractivity contribution in [2.75, 3.05) is 25.0 Å². The summed E-state index contributed by atoms with van der Waals surface area (Å²) in [4.78, 5) is 48.2. The minimum Gasteiger partial charge on any atom is -0.404 e. The number of nitrogens with one attached hydrogen (secondary N) is 2. The van der Waals surface area contributed by atoms with Gasteiger partial charge in [-0.25, -0.2) is 0 Å². The molecule has 4 aliphatic carbocycles. The van der Waals surface area contributed by atoms with E-state index in [0.717, 1.165) is 93.4 Å². The van der Waals surface area contributed by atoms with Gasteiger partial charge in [0.1, 0.15) is 12.1 Å². The Morgan fingerprint density at radius 2 is 1.66 bits per heavy atom. The molecule has 3 saturated heterocycles. The van der Waals surface area contributed by atoms with Gasteiger partial charge in [0.2, 0.25) is 11.8 Å². The van der Waals surface area contributed by atoms with E-state index in [2.05, 4.69) is 52.2 Å². The standard InChI is InChI=1S/C45H64BBrN4O5/c1-44(2)34-26-38(44)45(3)39(27-34)55-46(56-45)40(18-10-11-21-47)49-42(53)37-28-35(50-22-12-5-13-23-50)29-51(37)43(54)36(24-30-14-6-4-7-15-30)48-41(52)33-20-19-31-16-8-9-17-32(31)25-33/h8-9,16-17,19-20,25,30,34-40H,4-7,10-15,18,21-24,26-29H2,1-3H3,(H,48,52)(H,49,53)/t34-,35+,36+,37-,38-,39+,40-,45-/m0/s1. The Hall–Kier alpha value is -2.47. The van der Waals surface area contributed by atoms with Crippen molar-refractivity contribution >= 4 is 51.5 Å². The molecular formula is C45H64BBrN4O5. The number of nitrogens with zero attached hydrogens (tertiary/aromatic N) is 2. The fraction of sp³-hybridized carbons (Fsp3) is 0.711. The van der Waals surface area contributed by atoms with E-state index in [1.807, 2.05) is 47.4 Å². The van der Waals surface area contributed by atoms with Crippen LogP contribution in [0.2, 0.25) is 0 Å². The Morgan fingerprint density at radius 3 is 2.41 bits per heavy atom. The molecule has 304 valence electrons. The molecule has 0 unspecified atom stereocenters. The molecule has 11 heteroatoms. The summed E-state index contributed by atoms with van der Waals surface area (Å²) < 4.78 is 13.7. The van der Waals surface area contributed by atoms with Crippen LogP contribution in [-0.2, 0) is 18.9 Å². The molecule has 2 bridgehead atoms. The summed E-state index contributed by atoms with van der Waals surface area (Å²) in [5.74, 6) is 0.616. The van der Waals surface area contributed by atoms with E-state index >= 15 is 4.79 Å². The minimum absolute atomic E-state index is 0.0275. The van der Waals surface area contributed by atoms with Crippen LogP contribution in [0.15, 0.2) is 42.5 Å². The fourth-order valence-corrected chi connectivity index (χ4v) is 12.1. The zero-order valence-electron chi connectivity index (χ0n) is 34.0. The zero-order chi connectivity index (χ0) is 39.0. The maximum absolute atomic E-state index is 15.1. The lowest BCUT2D eigenvalue weighted by Crippen LogP contribution is -2.65. The van der Waals surface area contributed by atoms with Gasteiger partial charge in [0.25, 0.3) is 5.91 Å². The summed E-state index contributed by atoms with van der Waals surface area (Å²) in [7, 11) is -0.525. The lowest BCUT2D eigenvalue weighted by atomic mass is 9.43. The van der Waals surface area contributed by atoms with Crippen molar-refractivity contribution in [3.63, 3.8) is 0 Å². The van der Waals surface area contributed by atoms with Crippen LogP contribution in [0, 0.1) is 23.2 Å². The highest BCUT2D eigenvalue weighted by Gasteiger charge is 2.68. The molecule has 2 N–H and O–H groups in total. The molecule has 4 saturated carbocycles. The van der Waals surface area contributed by atoms with Crippen molar-refractivity contribution < 1.29 is 23.7 Å². The van der Waals surface area contributed by atoms with Gasteiger partial charge in [-0.15, -0.1) is 0 Å². The number of likely N-dealkylation sites (tertiary alicyclic amines) is 2. The number of alkyl halides is 1. The molecule has 0 radical (unpaired) electrons. The quantitative estimate of drug-likeness (QED) is 0.122. The Bertz CT molecular complexity index is 1730. The van der Waals surface area contributed by atoms with Gasteiger partial charge in [-0.3, -0.25) is 19.3 Å². The molecule has 0 aromatic heterocycles. The SMILES string of the molecule is CC1(C)[C@@H]2C[C@H]3OB([C@H](CCCCBr)NC(=O)[C@@H]4C[C@@H](N5CCCCC5)CN4C(=O)[C@@H](CC4CCCCC4)NC(=O)c4ccc5ccccc5c4)O[C@@]3(C)[C@H]1C2. The molecule has 8 atom stereocenters. The molecule has 9 rings (SSSR count). The first-order valence-electron chi connectivity index (χ1n) is 22.1. The van der Waals surface area contributed by atoms with Gasteiger partial charge in [-0.2, -0.15) is 0 Å². The molecule has 3 amide bonds. The number of hydrogen-bond acceptors (Lipinski definition) is 6. The summed E-state index contributed by atoms with van der Waals surface area (Å²) >= 11 is 3.60. The fourth-order valence-electron chi connectivity index (χ4n) is 11.7. The Balaban J connectivity index is 1.04. The first-order chi connectivity index (χ1) is 27.0. The van der Waals surface area contributed by atoms with Crippen LogP contribution < -0.4 is 10.6 Å². The minimum atomic E-state index is -0.707. The second-order valence-corrected chi connectivity index (χ2v) is 19.8. The number of unbranched alkanes of at least 4 members (excludes halogenated alkanes) is 1. The predicted octanol–water partition coefficient (Wildman–Crippen LogP) is 7.68. The molecular weight excluding hydrogens is 767 g/mol. The van der Waals surface area contributed by atoms with Crippen molar-refractivity contribution in [3.8, 4) is 0 Å². The Kier molecular flexibility index (Phi) is 12.3. The Morgan fingerprint density at radius 1 is 0.911 bits per heavy atom. The van der Waals surface area contributed by atoms with Crippen molar-refractivity contribution in [3.05, 3.63) is 48.0 Å². The molecule has 7 aliphatic rings. The molecule has 2 aromatic carbocycles. The molecule has 3 heterocycles. The maximum atomic E-state index is 15.1. The molecule has 0 spiro atoms. The van der Waals surface area contributed by atoms with Gasteiger partial charge in [0, 0.05) is 23.5 Å². The highest BCUT2D eigenvalue weighted by Crippen LogP contribution is 2.65. The first kappa shape index (κ1) is 40.3. The molecule has 7 fully saturated rings. The average molecular weight is 832 g/mol. The molecule has 9 nitrogen and oxygen atoms in total. The van der Waals surface area contributed by atoms with E-state index in [0.29, 0.717) is 42.7 Å². The number of piperidine rings is 1. The summed E-state index contributed by atoms with van der Waals surface area (Å²) in [6.45, 7) is 9.44. The van der Waals surface area contributed by atoms with E-state index in [1.54, 1.807) is 0 Å². The second-order valence-electron chi connectivity index (χ2n) is 19.0. The van der Waals surface area contributed by atoms with Crippen LogP contribution in [0.3, 0.4) is 0 Å². The summed E-state index contributed by atoms with van der Waals surface area (Å²) in [5.41, 5.74) is 0.403. The van der Waals surface area contributed by atoms with Crippen molar-refractivity contribution in [2.24, 2.45) is 23.2 Å². The normalized spacial score (nSPS) is 31.4. The summed E-state index contributed by atoms with van der Waals surface area (Å²) in [6, 6.07) is 12.5. The smallest absolute Gasteiger partial charge is 0.404 e. The highest BCUT2D eigenvalue weighted by atomic mass is 79.9. The van der Waals surface area contributed by atoms with E-state index in [1.165, 1.54) is 19.3 Å². The van der Waals surface area contributed by atoms with Crippen LogP contribution in [0.4, 0.5) is 0 Å². The Labute approximate surface area is 343 Å². The van der Waals surface area contributed by atoms with E-state index in [4.69, 9.17) is 9.31 Å². The van der Waals surface area contributed by atoms with E-state index in [-0.39, 0.29) is 46.8 Å². The number of carbonyl (C=O) groups excluding carboxylic acids is 3. The van der Waals surface area contributed by atoms with Gasteiger partial charge < -0.3 is 24.8 Å². The van der Waals surface area contributed by atoms with Gasteiger partial charge in [0.05, 0.1) is 17.6 Å². The number of halogens is 1. The van der Waals surface area contributed by atoms with Crippen molar-refractivity contribution in [1.29, 1.82) is 0 Å². The molecule has 2 aromatic rings. The molecule has 3 aliphatic heterocycles. The summed E-state index contributed by atoms with van der Waals surface area (Å²) in [6.07, 6.45) is 15.2. The van der Waals surface area contributed by atoms with Gasteiger partial charge in [-0.1, -0.05) is 105 Å². The second kappa shape index (κ2) is 17.0. The van der Waals surface area contributed by atoms with Crippen molar-refractivity contribution in [2.45, 2.75) is 153 Å². The van der Waals surface area contributed by atoms with Gasteiger partial charge in [0.15, 0.2) is 0 Å². The summed E-state index contributed by atoms with van der Waals surface area (Å²) in [5, 5.41) is 9.63. The van der Waals surface area contributed by atoms with Crippen LogP contribution in [-0.4, -0.2) is 95.4 Å². The predicted molar refractivity (Wildman–Crippen MR) is 225 cm³/mol. The maximum Gasteiger partial charge on any atom is 0.481 e. The van der Waals surface area contributed by atoms with E-state index in [9.17, 15) is 9.59 Å².